The minimum atomic E-state index is -3.59. The standard InChI is InChI=1S/C17H14N4O3S/c18-9-14-13(16-2-1-7-24-16)8-15(21-17(14)19)12-5-3-11(4-6-12)10-25(20,22)23/h1-8H,10H2,(H2,19,21)(H2,20,22,23). The molecule has 4 N–H and O–H groups in total. The normalized spacial score (nSPS) is 11.2. The topological polar surface area (TPSA) is 136 Å². The molecule has 0 spiro atoms. The number of primary sulfonamides is 1. The number of aromatic nitrogens is 1. The van der Waals surface area contributed by atoms with Crippen LogP contribution in [0.3, 0.4) is 0 Å². The molecule has 0 aliphatic carbocycles. The molecule has 0 saturated heterocycles. The molecule has 25 heavy (non-hydrogen) atoms. The molecule has 7 nitrogen and oxygen atoms in total. The summed E-state index contributed by atoms with van der Waals surface area (Å²) in [5.41, 5.74) is 8.54. The Balaban J connectivity index is 2.05. The van der Waals surface area contributed by atoms with Crippen LogP contribution in [0, 0.1) is 11.3 Å². The molecule has 0 saturated carbocycles. The van der Waals surface area contributed by atoms with Crippen LogP contribution >= 0.6 is 0 Å². The van der Waals surface area contributed by atoms with Crippen molar-refractivity contribution in [3.63, 3.8) is 0 Å². The minimum absolute atomic E-state index is 0.0972. The SMILES string of the molecule is N#Cc1c(-c2ccco2)cc(-c2ccc(CS(N)(=O)=O)cc2)nc1N. The van der Waals surface area contributed by atoms with Gasteiger partial charge >= 0.3 is 0 Å². The van der Waals surface area contributed by atoms with Crippen molar-refractivity contribution in [2.45, 2.75) is 5.75 Å². The highest BCUT2D eigenvalue weighted by molar-refractivity contribution is 7.88. The number of furan rings is 1. The summed E-state index contributed by atoms with van der Waals surface area (Å²) in [7, 11) is -3.59. The third-order valence-electron chi connectivity index (χ3n) is 3.56. The van der Waals surface area contributed by atoms with Crippen LogP contribution < -0.4 is 10.9 Å². The second-order valence-electron chi connectivity index (χ2n) is 5.41. The second kappa shape index (κ2) is 6.39. The zero-order chi connectivity index (χ0) is 18.0. The maximum atomic E-state index is 11.2. The molecule has 2 aromatic heterocycles. The van der Waals surface area contributed by atoms with Crippen LogP contribution in [0.25, 0.3) is 22.6 Å². The summed E-state index contributed by atoms with van der Waals surface area (Å²) < 4.78 is 27.7. The third kappa shape index (κ3) is 3.68. The fraction of sp³-hybridized carbons (Fsp3) is 0.0588. The molecule has 0 aliphatic rings. The maximum absolute atomic E-state index is 11.2. The van der Waals surface area contributed by atoms with Crippen LogP contribution in [-0.4, -0.2) is 13.4 Å². The summed E-state index contributed by atoms with van der Waals surface area (Å²) in [5, 5.41) is 14.4. The number of rotatable bonds is 4. The first-order chi connectivity index (χ1) is 11.9. The number of pyridine rings is 1. The first-order valence-corrected chi connectivity index (χ1v) is 8.93. The zero-order valence-corrected chi connectivity index (χ0v) is 13.8. The van der Waals surface area contributed by atoms with Crippen LogP contribution in [0.4, 0.5) is 5.82 Å². The van der Waals surface area contributed by atoms with E-state index in [1.807, 2.05) is 6.07 Å². The van der Waals surface area contributed by atoms with Crippen molar-refractivity contribution < 1.29 is 12.8 Å². The van der Waals surface area contributed by atoms with Gasteiger partial charge in [-0.05, 0) is 23.8 Å². The predicted molar refractivity (Wildman–Crippen MR) is 93.3 cm³/mol. The van der Waals surface area contributed by atoms with E-state index < -0.39 is 10.0 Å². The van der Waals surface area contributed by atoms with Gasteiger partial charge in [-0.15, -0.1) is 0 Å². The highest BCUT2D eigenvalue weighted by Crippen LogP contribution is 2.31. The molecule has 1 aromatic carbocycles. The number of nitriles is 1. The number of benzene rings is 1. The van der Waals surface area contributed by atoms with Crippen molar-refractivity contribution in [1.82, 2.24) is 4.98 Å². The highest BCUT2D eigenvalue weighted by atomic mass is 32.2. The Kier molecular flexibility index (Phi) is 4.27. The molecular formula is C17H14N4O3S. The number of nitrogen functional groups attached to an aromatic ring is 1. The Morgan fingerprint density at radius 3 is 2.48 bits per heavy atom. The lowest BCUT2D eigenvalue weighted by molar-refractivity contribution is 0.582. The molecule has 0 fully saturated rings. The second-order valence-corrected chi connectivity index (χ2v) is 7.02. The van der Waals surface area contributed by atoms with Crippen molar-refractivity contribution in [2.24, 2.45) is 5.14 Å². The van der Waals surface area contributed by atoms with Gasteiger partial charge in [0.15, 0.2) is 0 Å². The van der Waals surface area contributed by atoms with Crippen LogP contribution in [0.15, 0.2) is 53.1 Å². The van der Waals surface area contributed by atoms with E-state index in [0.717, 1.165) is 5.56 Å². The smallest absolute Gasteiger partial charge is 0.213 e. The van der Waals surface area contributed by atoms with Gasteiger partial charge in [0.2, 0.25) is 10.0 Å². The van der Waals surface area contributed by atoms with Crippen LogP contribution in [0.1, 0.15) is 11.1 Å². The fourth-order valence-corrected chi connectivity index (χ4v) is 3.12. The van der Waals surface area contributed by atoms with E-state index in [-0.39, 0.29) is 17.1 Å². The van der Waals surface area contributed by atoms with Crippen molar-refractivity contribution in [1.29, 1.82) is 5.26 Å². The molecule has 8 heteroatoms. The summed E-state index contributed by atoms with van der Waals surface area (Å²) in [5.74, 6) is 0.367. The maximum Gasteiger partial charge on any atom is 0.213 e. The molecule has 126 valence electrons. The average molecular weight is 354 g/mol. The molecule has 3 rings (SSSR count). The zero-order valence-electron chi connectivity index (χ0n) is 13.0. The Bertz CT molecular complexity index is 1050. The Morgan fingerprint density at radius 2 is 1.92 bits per heavy atom. The lowest BCUT2D eigenvalue weighted by Gasteiger charge is -2.09. The van der Waals surface area contributed by atoms with Crippen molar-refractivity contribution >= 4 is 15.8 Å². The van der Waals surface area contributed by atoms with Crippen molar-refractivity contribution in [3.8, 4) is 28.7 Å². The Labute approximate surface area is 144 Å². The molecule has 0 radical (unpaired) electrons. The van der Waals surface area contributed by atoms with Gasteiger partial charge in [-0.25, -0.2) is 18.5 Å². The van der Waals surface area contributed by atoms with E-state index in [2.05, 4.69) is 4.98 Å². The van der Waals surface area contributed by atoms with E-state index in [9.17, 15) is 13.7 Å². The predicted octanol–water partition coefficient (Wildman–Crippen LogP) is 2.25. The van der Waals surface area contributed by atoms with Gasteiger partial charge in [-0.2, -0.15) is 5.26 Å². The number of nitrogens with two attached hydrogens (primary N) is 2. The Hall–Kier alpha value is -3.15. The number of hydrogen-bond donors (Lipinski definition) is 2. The van der Waals surface area contributed by atoms with Crippen molar-refractivity contribution in [2.75, 3.05) is 5.73 Å². The van der Waals surface area contributed by atoms with E-state index in [1.165, 1.54) is 6.26 Å². The van der Waals surface area contributed by atoms with E-state index in [4.69, 9.17) is 15.3 Å². The van der Waals surface area contributed by atoms with Gasteiger partial charge in [0.25, 0.3) is 0 Å². The summed E-state index contributed by atoms with van der Waals surface area (Å²) in [6.07, 6.45) is 1.51. The number of sulfonamides is 1. The van der Waals surface area contributed by atoms with Crippen LogP contribution in [0.2, 0.25) is 0 Å². The van der Waals surface area contributed by atoms with Crippen molar-refractivity contribution in [3.05, 3.63) is 59.9 Å². The highest BCUT2D eigenvalue weighted by Gasteiger charge is 2.15. The molecular weight excluding hydrogens is 340 g/mol. The summed E-state index contributed by atoms with van der Waals surface area (Å²) in [6, 6.07) is 14.0. The van der Waals surface area contributed by atoms with Gasteiger partial charge < -0.3 is 10.2 Å². The van der Waals surface area contributed by atoms with Gasteiger partial charge in [-0.3, -0.25) is 0 Å². The first-order valence-electron chi connectivity index (χ1n) is 7.21. The largest absolute Gasteiger partial charge is 0.464 e. The number of nitrogens with zero attached hydrogens (tertiary/aromatic N) is 2. The number of anilines is 1. The minimum Gasteiger partial charge on any atom is -0.464 e. The summed E-state index contributed by atoms with van der Waals surface area (Å²) in [6.45, 7) is 0. The molecule has 3 aromatic rings. The molecule has 0 amide bonds. The lowest BCUT2D eigenvalue weighted by atomic mass is 10.0. The summed E-state index contributed by atoms with van der Waals surface area (Å²) >= 11 is 0. The quantitative estimate of drug-likeness (QED) is 0.737. The van der Waals surface area contributed by atoms with E-state index >= 15 is 0 Å². The van der Waals surface area contributed by atoms with Gasteiger partial charge in [0, 0.05) is 11.1 Å². The van der Waals surface area contributed by atoms with Gasteiger partial charge in [-0.1, -0.05) is 24.3 Å². The summed E-state index contributed by atoms with van der Waals surface area (Å²) in [4.78, 5) is 4.26. The lowest BCUT2D eigenvalue weighted by Crippen LogP contribution is -2.14. The molecule has 2 heterocycles. The van der Waals surface area contributed by atoms with E-state index in [0.29, 0.717) is 22.6 Å². The van der Waals surface area contributed by atoms with Gasteiger partial charge in [0.1, 0.15) is 23.2 Å². The molecule has 0 atom stereocenters. The third-order valence-corrected chi connectivity index (χ3v) is 4.30. The Morgan fingerprint density at radius 1 is 1.20 bits per heavy atom. The monoisotopic (exact) mass is 354 g/mol. The van der Waals surface area contributed by atoms with Crippen LogP contribution in [0.5, 0.6) is 0 Å². The average Bonchev–Trinajstić information content (AvgIpc) is 3.07. The van der Waals surface area contributed by atoms with Gasteiger partial charge in [0.05, 0.1) is 17.7 Å². The molecule has 0 aliphatic heterocycles. The number of hydrogen-bond acceptors (Lipinski definition) is 6. The van der Waals surface area contributed by atoms with Crippen LogP contribution in [-0.2, 0) is 15.8 Å². The fourth-order valence-electron chi connectivity index (χ4n) is 2.46. The van der Waals surface area contributed by atoms with E-state index in [1.54, 1.807) is 42.5 Å². The first kappa shape index (κ1) is 16.7. The molecule has 0 unspecified atom stereocenters. The molecule has 0 bridgehead atoms.